The minimum Gasteiger partial charge on any atom is -0.389 e. The summed E-state index contributed by atoms with van der Waals surface area (Å²) in [7, 11) is 0. The van der Waals surface area contributed by atoms with E-state index in [1.54, 1.807) is 0 Å². The molecule has 0 radical (unpaired) electrons. The van der Waals surface area contributed by atoms with E-state index in [1.807, 2.05) is 19.9 Å². The van der Waals surface area contributed by atoms with Gasteiger partial charge in [-0.15, -0.1) is 0 Å². The summed E-state index contributed by atoms with van der Waals surface area (Å²) in [4.78, 5) is 0. The average molecular weight is 296 g/mol. The summed E-state index contributed by atoms with van der Waals surface area (Å²) in [6.07, 6.45) is 2.59. The number of rotatable bonds is 5. The summed E-state index contributed by atoms with van der Waals surface area (Å²) < 4.78 is 0. The Hall–Kier alpha value is -0.570. The zero-order chi connectivity index (χ0) is 15.0. The van der Waals surface area contributed by atoms with Gasteiger partial charge < -0.3 is 10.4 Å². The molecule has 1 aromatic rings. The molecule has 0 saturated heterocycles. The average Bonchev–Trinajstić information content (AvgIpc) is 2.66. The molecule has 0 heterocycles. The fourth-order valence-electron chi connectivity index (χ4n) is 3.19. The first-order valence-electron chi connectivity index (χ1n) is 7.55. The van der Waals surface area contributed by atoms with E-state index in [1.165, 1.54) is 11.1 Å². The third kappa shape index (κ3) is 3.03. The molecule has 112 valence electrons. The van der Waals surface area contributed by atoms with Crippen molar-refractivity contribution >= 4 is 11.6 Å². The minimum atomic E-state index is -0.614. The molecule has 1 unspecified atom stereocenters. The Morgan fingerprint density at radius 2 is 2.00 bits per heavy atom. The monoisotopic (exact) mass is 295 g/mol. The Kier molecular flexibility index (Phi) is 4.48. The Morgan fingerprint density at radius 3 is 2.60 bits per heavy atom. The Labute approximate surface area is 127 Å². The van der Waals surface area contributed by atoms with Crippen LogP contribution in [0.5, 0.6) is 0 Å². The Balaban J connectivity index is 2.21. The summed E-state index contributed by atoms with van der Waals surface area (Å²) in [6.45, 7) is 9.25. The first-order valence-corrected chi connectivity index (χ1v) is 7.93. The van der Waals surface area contributed by atoms with Gasteiger partial charge in [0.15, 0.2) is 0 Å². The smallest absolute Gasteiger partial charge is 0.0766 e. The van der Waals surface area contributed by atoms with Gasteiger partial charge in [-0.25, -0.2) is 0 Å². The molecule has 2 N–H and O–H groups in total. The molecule has 1 atom stereocenters. The lowest BCUT2D eigenvalue weighted by Gasteiger charge is -2.33. The van der Waals surface area contributed by atoms with Gasteiger partial charge in [0.2, 0.25) is 0 Å². The van der Waals surface area contributed by atoms with Crippen LogP contribution >= 0.6 is 11.6 Å². The summed E-state index contributed by atoms with van der Waals surface area (Å²) >= 11 is 6.15. The summed E-state index contributed by atoms with van der Waals surface area (Å²) in [5.41, 5.74) is 2.19. The van der Waals surface area contributed by atoms with Gasteiger partial charge in [-0.2, -0.15) is 0 Å². The maximum Gasteiger partial charge on any atom is 0.0766 e. The maximum absolute atomic E-state index is 10.5. The topological polar surface area (TPSA) is 32.3 Å². The first kappa shape index (κ1) is 15.8. The SMILES string of the molecule is CCC(O)(CC)CNC1c2cc(Cl)ccc2CC1(C)C. The quantitative estimate of drug-likeness (QED) is 0.857. The molecule has 0 spiro atoms. The standard InChI is InChI=1S/C17H26ClNO/c1-5-17(20,6-2)11-19-15-14-9-13(18)8-7-12(14)10-16(15,3)4/h7-9,15,19-20H,5-6,10-11H2,1-4H3. The van der Waals surface area contributed by atoms with Gasteiger partial charge in [-0.3, -0.25) is 0 Å². The molecule has 3 heteroatoms. The van der Waals surface area contributed by atoms with Crippen LogP contribution in [0.1, 0.15) is 57.7 Å². The Bertz CT molecular complexity index is 480. The molecule has 1 aromatic carbocycles. The summed E-state index contributed by atoms with van der Waals surface area (Å²) in [6, 6.07) is 6.42. The van der Waals surface area contributed by atoms with Crippen molar-refractivity contribution in [3.05, 3.63) is 34.3 Å². The number of nitrogens with one attached hydrogen (secondary N) is 1. The van der Waals surface area contributed by atoms with Crippen molar-refractivity contribution in [2.45, 2.75) is 58.6 Å². The molecule has 0 bridgehead atoms. The molecule has 20 heavy (non-hydrogen) atoms. The van der Waals surface area contributed by atoms with Gasteiger partial charge in [0.25, 0.3) is 0 Å². The molecule has 0 amide bonds. The molecule has 2 nitrogen and oxygen atoms in total. The number of aliphatic hydroxyl groups is 1. The van der Waals surface area contributed by atoms with Crippen LogP contribution in [0.4, 0.5) is 0 Å². The number of hydrogen-bond donors (Lipinski definition) is 2. The molecular weight excluding hydrogens is 270 g/mol. The molecule has 0 fully saturated rings. The van der Waals surface area contributed by atoms with E-state index in [2.05, 4.69) is 31.3 Å². The molecule has 1 aliphatic carbocycles. The number of halogens is 1. The van der Waals surface area contributed by atoms with Crippen LogP contribution in [-0.4, -0.2) is 17.3 Å². The molecule has 1 aliphatic rings. The highest BCUT2D eigenvalue weighted by atomic mass is 35.5. The molecule has 0 aromatic heterocycles. The van der Waals surface area contributed by atoms with Crippen molar-refractivity contribution in [1.29, 1.82) is 0 Å². The highest BCUT2D eigenvalue weighted by molar-refractivity contribution is 6.30. The van der Waals surface area contributed by atoms with Crippen LogP contribution in [0.15, 0.2) is 18.2 Å². The second-order valence-electron chi connectivity index (χ2n) is 6.75. The van der Waals surface area contributed by atoms with Crippen molar-refractivity contribution in [1.82, 2.24) is 5.32 Å². The molecule has 2 rings (SSSR count). The largest absolute Gasteiger partial charge is 0.389 e. The van der Waals surface area contributed by atoms with Gasteiger partial charge in [0, 0.05) is 17.6 Å². The van der Waals surface area contributed by atoms with Crippen molar-refractivity contribution in [2.75, 3.05) is 6.54 Å². The predicted octanol–water partition coefficient (Wildman–Crippen LogP) is 4.10. The number of hydrogen-bond acceptors (Lipinski definition) is 2. The molecular formula is C17H26ClNO. The summed E-state index contributed by atoms with van der Waals surface area (Å²) in [5.74, 6) is 0. The summed E-state index contributed by atoms with van der Waals surface area (Å²) in [5, 5.41) is 14.8. The van der Waals surface area contributed by atoms with Crippen LogP contribution < -0.4 is 5.32 Å². The van der Waals surface area contributed by atoms with Crippen LogP contribution in [0, 0.1) is 5.41 Å². The molecule has 0 aliphatic heterocycles. The van der Waals surface area contributed by atoms with E-state index in [0.717, 1.165) is 24.3 Å². The van der Waals surface area contributed by atoms with Crippen molar-refractivity contribution in [2.24, 2.45) is 5.41 Å². The van der Waals surface area contributed by atoms with Crippen molar-refractivity contribution in [3.63, 3.8) is 0 Å². The van der Waals surface area contributed by atoms with E-state index >= 15 is 0 Å². The van der Waals surface area contributed by atoms with Crippen LogP contribution in [0.3, 0.4) is 0 Å². The fraction of sp³-hybridized carbons (Fsp3) is 0.647. The van der Waals surface area contributed by atoms with E-state index < -0.39 is 5.60 Å². The van der Waals surface area contributed by atoms with Gasteiger partial charge in [0.1, 0.15) is 0 Å². The molecule has 0 saturated carbocycles. The lowest BCUT2D eigenvalue weighted by molar-refractivity contribution is 0.0257. The Morgan fingerprint density at radius 1 is 1.35 bits per heavy atom. The normalized spacial score (nSPS) is 21.0. The third-order valence-corrected chi connectivity index (χ3v) is 5.03. The van der Waals surface area contributed by atoms with E-state index in [0.29, 0.717) is 6.54 Å². The van der Waals surface area contributed by atoms with Crippen LogP contribution in [0.25, 0.3) is 0 Å². The van der Waals surface area contributed by atoms with Gasteiger partial charge in [-0.05, 0) is 47.9 Å². The van der Waals surface area contributed by atoms with Gasteiger partial charge in [0.05, 0.1) is 5.60 Å². The lowest BCUT2D eigenvalue weighted by Crippen LogP contribution is -2.43. The van der Waals surface area contributed by atoms with Crippen molar-refractivity contribution in [3.8, 4) is 0 Å². The number of fused-ring (bicyclic) bond motifs is 1. The first-order chi connectivity index (χ1) is 9.31. The van der Waals surface area contributed by atoms with Crippen LogP contribution in [0.2, 0.25) is 5.02 Å². The van der Waals surface area contributed by atoms with E-state index in [4.69, 9.17) is 11.6 Å². The van der Waals surface area contributed by atoms with Crippen molar-refractivity contribution < 1.29 is 5.11 Å². The fourth-order valence-corrected chi connectivity index (χ4v) is 3.37. The van der Waals surface area contributed by atoms with Gasteiger partial charge in [-0.1, -0.05) is 45.4 Å². The second kappa shape index (κ2) is 5.67. The predicted molar refractivity (Wildman–Crippen MR) is 85.2 cm³/mol. The minimum absolute atomic E-state index is 0.148. The number of benzene rings is 1. The van der Waals surface area contributed by atoms with Gasteiger partial charge >= 0.3 is 0 Å². The lowest BCUT2D eigenvalue weighted by atomic mass is 9.84. The zero-order valence-electron chi connectivity index (χ0n) is 13.0. The van der Waals surface area contributed by atoms with E-state index in [9.17, 15) is 5.11 Å². The van der Waals surface area contributed by atoms with E-state index in [-0.39, 0.29) is 11.5 Å². The maximum atomic E-state index is 10.5. The second-order valence-corrected chi connectivity index (χ2v) is 7.19. The highest BCUT2D eigenvalue weighted by Crippen LogP contribution is 2.46. The van der Waals surface area contributed by atoms with Crippen LogP contribution in [-0.2, 0) is 6.42 Å². The highest BCUT2D eigenvalue weighted by Gasteiger charge is 2.39. The zero-order valence-corrected chi connectivity index (χ0v) is 13.7. The third-order valence-electron chi connectivity index (χ3n) is 4.80.